The molecule has 0 aliphatic carbocycles. The third-order valence-corrected chi connectivity index (χ3v) is 2.56. The van der Waals surface area contributed by atoms with E-state index in [1.54, 1.807) is 7.11 Å². The molecule has 1 rings (SSSR count). The van der Waals surface area contributed by atoms with Crippen LogP contribution in [-0.2, 0) is 9.47 Å². The van der Waals surface area contributed by atoms with Gasteiger partial charge in [0.25, 0.3) is 0 Å². The van der Waals surface area contributed by atoms with Gasteiger partial charge in [-0.2, -0.15) is 0 Å². The standard InChI is InChI=1S/C12H20O2/c1-4-6-12-10(2)9-11(14-12)7-5-8-13-3/h4,11-12H,1-2,5-9H2,3H3/t11-,12-/m0/s1. The molecule has 0 N–H and O–H groups in total. The van der Waals surface area contributed by atoms with Crippen LogP contribution in [0, 0.1) is 0 Å². The molecule has 0 spiro atoms. The molecule has 0 unspecified atom stereocenters. The van der Waals surface area contributed by atoms with Gasteiger partial charge in [0.2, 0.25) is 0 Å². The summed E-state index contributed by atoms with van der Waals surface area (Å²) in [4.78, 5) is 0. The minimum atomic E-state index is 0.208. The molecule has 2 heteroatoms. The second-order valence-corrected chi connectivity index (χ2v) is 3.77. The van der Waals surface area contributed by atoms with Crippen molar-refractivity contribution >= 4 is 0 Å². The first kappa shape index (κ1) is 11.5. The van der Waals surface area contributed by atoms with Crippen LogP contribution in [-0.4, -0.2) is 25.9 Å². The molecule has 2 atom stereocenters. The highest BCUT2D eigenvalue weighted by atomic mass is 16.5. The summed E-state index contributed by atoms with van der Waals surface area (Å²) in [6, 6.07) is 0. The first-order chi connectivity index (χ1) is 6.77. The molecule has 1 aliphatic heterocycles. The molecule has 0 saturated carbocycles. The van der Waals surface area contributed by atoms with Gasteiger partial charge in [-0.1, -0.05) is 12.7 Å². The van der Waals surface area contributed by atoms with Gasteiger partial charge in [0.1, 0.15) is 0 Å². The average Bonchev–Trinajstić information content (AvgIpc) is 2.49. The molecule has 0 aromatic heterocycles. The van der Waals surface area contributed by atoms with Crippen molar-refractivity contribution in [1.82, 2.24) is 0 Å². The predicted molar refractivity (Wildman–Crippen MR) is 58.3 cm³/mol. The SMILES string of the molecule is C=CC[C@@H]1O[C@@H](CCCOC)CC1=C. The summed E-state index contributed by atoms with van der Waals surface area (Å²) >= 11 is 0. The van der Waals surface area contributed by atoms with Crippen molar-refractivity contribution in [2.24, 2.45) is 0 Å². The molecule has 0 aromatic carbocycles. The maximum atomic E-state index is 5.83. The lowest BCUT2D eigenvalue weighted by Gasteiger charge is -2.11. The molecule has 1 fully saturated rings. The molecule has 0 aromatic rings. The monoisotopic (exact) mass is 196 g/mol. The van der Waals surface area contributed by atoms with Crippen LogP contribution in [0.15, 0.2) is 24.8 Å². The van der Waals surface area contributed by atoms with Crippen LogP contribution >= 0.6 is 0 Å². The molecule has 1 heterocycles. The summed E-state index contributed by atoms with van der Waals surface area (Å²) in [7, 11) is 1.73. The summed E-state index contributed by atoms with van der Waals surface area (Å²) < 4.78 is 10.8. The van der Waals surface area contributed by atoms with Gasteiger partial charge in [0, 0.05) is 13.7 Å². The minimum Gasteiger partial charge on any atom is -0.385 e. The fourth-order valence-electron chi connectivity index (χ4n) is 1.80. The Morgan fingerprint density at radius 2 is 2.43 bits per heavy atom. The highest BCUT2D eigenvalue weighted by Crippen LogP contribution is 2.29. The van der Waals surface area contributed by atoms with E-state index < -0.39 is 0 Å². The van der Waals surface area contributed by atoms with Gasteiger partial charge in [-0.15, -0.1) is 6.58 Å². The van der Waals surface area contributed by atoms with Crippen LogP contribution in [0.25, 0.3) is 0 Å². The van der Waals surface area contributed by atoms with Gasteiger partial charge in [0.05, 0.1) is 12.2 Å². The van der Waals surface area contributed by atoms with Crippen molar-refractivity contribution < 1.29 is 9.47 Å². The third-order valence-electron chi connectivity index (χ3n) is 2.56. The quantitative estimate of drug-likeness (QED) is 0.480. The minimum absolute atomic E-state index is 0.208. The van der Waals surface area contributed by atoms with Crippen LogP contribution in [0.3, 0.4) is 0 Å². The first-order valence-corrected chi connectivity index (χ1v) is 5.21. The lowest BCUT2D eigenvalue weighted by molar-refractivity contribution is 0.0431. The average molecular weight is 196 g/mol. The van der Waals surface area contributed by atoms with Gasteiger partial charge in [-0.3, -0.25) is 0 Å². The fourth-order valence-corrected chi connectivity index (χ4v) is 1.80. The van der Waals surface area contributed by atoms with Gasteiger partial charge >= 0.3 is 0 Å². The Balaban J connectivity index is 2.24. The number of rotatable bonds is 6. The Hall–Kier alpha value is -0.600. The molecule has 80 valence electrons. The molecule has 1 saturated heterocycles. The fraction of sp³-hybridized carbons (Fsp3) is 0.667. The molecule has 14 heavy (non-hydrogen) atoms. The molecule has 0 bridgehead atoms. The van der Waals surface area contributed by atoms with Crippen LogP contribution < -0.4 is 0 Å². The zero-order chi connectivity index (χ0) is 10.4. The lowest BCUT2D eigenvalue weighted by atomic mass is 10.0. The Bertz CT molecular complexity index is 198. The normalized spacial score (nSPS) is 26.8. The zero-order valence-corrected chi connectivity index (χ0v) is 9.00. The van der Waals surface area contributed by atoms with Crippen LogP contribution in [0.4, 0.5) is 0 Å². The lowest BCUT2D eigenvalue weighted by Crippen LogP contribution is -2.11. The summed E-state index contributed by atoms with van der Waals surface area (Å²) in [6.45, 7) is 8.56. The number of hydrogen-bond acceptors (Lipinski definition) is 2. The van der Waals surface area contributed by atoms with Crippen molar-refractivity contribution in [2.45, 2.75) is 37.9 Å². The summed E-state index contributed by atoms with van der Waals surface area (Å²) in [5.41, 5.74) is 1.22. The Labute approximate surface area is 86.6 Å². The second-order valence-electron chi connectivity index (χ2n) is 3.77. The van der Waals surface area contributed by atoms with Crippen LogP contribution in [0.5, 0.6) is 0 Å². The van der Waals surface area contributed by atoms with Crippen molar-refractivity contribution in [2.75, 3.05) is 13.7 Å². The van der Waals surface area contributed by atoms with E-state index in [4.69, 9.17) is 9.47 Å². The van der Waals surface area contributed by atoms with Crippen LogP contribution in [0.2, 0.25) is 0 Å². The summed E-state index contributed by atoms with van der Waals surface area (Å²) in [5.74, 6) is 0. The number of ether oxygens (including phenoxy) is 2. The predicted octanol–water partition coefficient (Wildman–Crippen LogP) is 2.70. The Morgan fingerprint density at radius 1 is 1.64 bits per heavy atom. The number of hydrogen-bond donors (Lipinski definition) is 0. The molecule has 0 amide bonds. The highest BCUT2D eigenvalue weighted by molar-refractivity contribution is 5.10. The van der Waals surface area contributed by atoms with E-state index >= 15 is 0 Å². The van der Waals surface area contributed by atoms with Crippen molar-refractivity contribution in [1.29, 1.82) is 0 Å². The Kier molecular flexibility index (Phi) is 4.91. The van der Waals surface area contributed by atoms with Crippen molar-refractivity contribution in [3.05, 3.63) is 24.8 Å². The van der Waals surface area contributed by atoms with Crippen molar-refractivity contribution in [3.63, 3.8) is 0 Å². The first-order valence-electron chi connectivity index (χ1n) is 5.21. The van der Waals surface area contributed by atoms with E-state index in [1.165, 1.54) is 5.57 Å². The smallest absolute Gasteiger partial charge is 0.0821 e. The topological polar surface area (TPSA) is 18.5 Å². The largest absolute Gasteiger partial charge is 0.385 e. The molecular weight excluding hydrogens is 176 g/mol. The molecule has 0 radical (unpaired) electrons. The maximum Gasteiger partial charge on any atom is 0.0821 e. The van der Waals surface area contributed by atoms with Gasteiger partial charge in [-0.25, -0.2) is 0 Å². The van der Waals surface area contributed by atoms with E-state index in [1.807, 2.05) is 6.08 Å². The number of methoxy groups -OCH3 is 1. The van der Waals surface area contributed by atoms with Gasteiger partial charge < -0.3 is 9.47 Å². The summed E-state index contributed by atoms with van der Waals surface area (Å²) in [6.07, 6.45) is 6.48. The van der Waals surface area contributed by atoms with Gasteiger partial charge in [-0.05, 0) is 31.3 Å². The van der Waals surface area contributed by atoms with Gasteiger partial charge in [0.15, 0.2) is 0 Å². The van der Waals surface area contributed by atoms with Crippen LogP contribution in [0.1, 0.15) is 25.7 Å². The third kappa shape index (κ3) is 3.28. The van der Waals surface area contributed by atoms with Crippen molar-refractivity contribution in [3.8, 4) is 0 Å². The highest BCUT2D eigenvalue weighted by Gasteiger charge is 2.26. The maximum absolute atomic E-state index is 5.83. The van der Waals surface area contributed by atoms with E-state index in [2.05, 4.69) is 13.2 Å². The molecule has 1 aliphatic rings. The summed E-state index contributed by atoms with van der Waals surface area (Å²) in [5, 5.41) is 0. The van der Waals surface area contributed by atoms with E-state index in [9.17, 15) is 0 Å². The zero-order valence-electron chi connectivity index (χ0n) is 9.00. The Morgan fingerprint density at radius 3 is 3.07 bits per heavy atom. The van der Waals surface area contributed by atoms with E-state index in [0.717, 1.165) is 32.3 Å². The molecule has 2 nitrogen and oxygen atoms in total. The van der Waals surface area contributed by atoms with E-state index in [-0.39, 0.29) is 6.10 Å². The molecular formula is C12H20O2. The second kappa shape index (κ2) is 5.99. The van der Waals surface area contributed by atoms with E-state index in [0.29, 0.717) is 6.10 Å².